The van der Waals surface area contributed by atoms with Crippen LogP contribution in [0.3, 0.4) is 0 Å². The summed E-state index contributed by atoms with van der Waals surface area (Å²) >= 11 is 1.86. The van der Waals surface area contributed by atoms with Crippen LogP contribution in [0.25, 0.3) is 0 Å². The molecule has 0 unspecified atom stereocenters. The van der Waals surface area contributed by atoms with Crippen molar-refractivity contribution >= 4 is 23.4 Å². The van der Waals surface area contributed by atoms with Gasteiger partial charge >= 0.3 is 0 Å². The Morgan fingerprint density at radius 2 is 2.14 bits per heavy atom. The molecule has 21 heavy (non-hydrogen) atoms. The van der Waals surface area contributed by atoms with E-state index in [1.54, 1.807) is 18.2 Å². The number of hydrogen-bond donors (Lipinski definition) is 2. The first kappa shape index (κ1) is 16.0. The van der Waals surface area contributed by atoms with E-state index in [-0.39, 0.29) is 10.7 Å². The lowest BCUT2D eigenvalue weighted by Crippen LogP contribution is -2.38. The van der Waals surface area contributed by atoms with Gasteiger partial charge in [-0.2, -0.15) is 11.8 Å². The van der Waals surface area contributed by atoms with E-state index in [1.165, 1.54) is 25.7 Å². The highest BCUT2D eigenvalue weighted by atomic mass is 32.2. The summed E-state index contributed by atoms with van der Waals surface area (Å²) in [4.78, 5) is 12.5. The molecular formula is C16H24N2O2S. The Morgan fingerprint density at radius 1 is 1.43 bits per heavy atom. The molecular weight excluding hydrogens is 284 g/mol. The van der Waals surface area contributed by atoms with Crippen molar-refractivity contribution in [3.05, 3.63) is 23.8 Å². The molecule has 0 atom stereocenters. The summed E-state index contributed by atoms with van der Waals surface area (Å²) in [6.07, 6.45) is 6.97. The minimum Gasteiger partial charge on any atom is -0.491 e. The van der Waals surface area contributed by atoms with Crippen molar-refractivity contribution in [3.8, 4) is 5.75 Å². The monoisotopic (exact) mass is 308 g/mol. The number of amides is 1. The Balaban J connectivity index is 2.08. The van der Waals surface area contributed by atoms with Crippen LogP contribution in [0.4, 0.5) is 5.69 Å². The first-order chi connectivity index (χ1) is 10.1. The van der Waals surface area contributed by atoms with Crippen LogP contribution < -0.4 is 15.8 Å². The maximum absolute atomic E-state index is 12.5. The van der Waals surface area contributed by atoms with Gasteiger partial charge in [-0.25, -0.2) is 0 Å². The maximum atomic E-state index is 12.5. The van der Waals surface area contributed by atoms with Gasteiger partial charge in [0.15, 0.2) is 5.75 Å². The predicted molar refractivity (Wildman–Crippen MR) is 89.1 cm³/mol. The molecule has 1 aliphatic carbocycles. The largest absolute Gasteiger partial charge is 0.491 e. The van der Waals surface area contributed by atoms with Crippen molar-refractivity contribution in [2.24, 2.45) is 0 Å². The third-order valence-corrected chi connectivity index (χ3v) is 5.52. The molecule has 2 rings (SSSR count). The average molecular weight is 308 g/mol. The van der Waals surface area contributed by atoms with Crippen molar-refractivity contribution in [1.29, 1.82) is 0 Å². The van der Waals surface area contributed by atoms with Gasteiger partial charge in [0.2, 0.25) is 0 Å². The number of benzene rings is 1. The van der Waals surface area contributed by atoms with Crippen LogP contribution in [-0.2, 0) is 0 Å². The number of carbonyl (C=O) groups is 1. The van der Waals surface area contributed by atoms with E-state index in [1.807, 2.05) is 18.7 Å². The summed E-state index contributed by atoms with van der Waals surface area (Å²) in [7, 11) is 0. The summed E-state index contributed by atoms with van der Waals surface area (Å²) in [5.41, 5.74) is 6.93. The maximum Gasteiger partial charge on any atom is 0.255 e. The van der Waals surface area contributed by atoms with E-state index >= 15 is 0 Å². The lowest BCUT2D eigenvalue weighted by Gasteiger charge is -2.27. The molecule has 0 bridgehead atoms. The number of rotatable bonds is 6. The van der Waals surface area contributed by atoms with Crippen molar-refractivity contribution in [1.82, 2.24) is 5.32 Å². The second-order valence-electron chi connectivity index (χ2n) is 5.43. The van der Waals surface area contributed by atoms with Crippen molar-refractivity contribution in [2.75, 3.05) is 25.1 Å². The molecule has 0 heterocycles. The van der Waals surface area contributed by atoms with E-state index in [9.17, 15) is 4.79 Å². The van der Waals surface area contributed by atoms with Crippen LogP contribution >= 0.6 is 11.8 Å². The molecule has 0 saturated heterocycles. The van der Waals surface area contributed by atoms with Crippen LogP contribution in [-0.4, -0.2) is 30.1 Å². The first-order valence-electron chi connectivity index (χ1n) is 7.46. The number of anilines is 1. The number of thioether (sulfide) groups is 1. The Bertz CT molecular complexity index is 499. The quantitative estimate of drug-likeness (QED) is 0.793. The smallest absolute Gasteiger partial charge is 0.255 e. The van der Waals surface area contributed by atoms with Gasteiger partial charge in [-0.3, -0.25) is 4.79 Å². The highest BCUT2D eigenvalue weighted by Gasteiger charge is 2.33. The van der Waals surface area contributed by atoms with Gasteiger partial charge in [-0.05, 0) is 38.2 Å². The summed E-state index contributed by atoms with van der Waals surface area (Å²) in [5, 5.41) is 3.06. The molecule has 4 nitrogen and oxygen atoms in total. The molecule has 1 saturated carbocycles. The Hall–Kier alpha value is -1.36. The van der Waals surface area contributed by atoms with Crippen molar-refractivity contribution in [3.63, 3.8) is 0 Å². The highest BCUT2D eigenvalue weighted by Crippen LogP contribution is 2.39. The number of para-hydroxylation sites is 1. The fourth-order valence-electron chi connectivity index (χ4n) is 2.85. The van der Waals surface area contributed by atoms with E-state index in [4.69, 9.17) is 10.5 Å². The number of nitrogen functional groups attached to an aromatic ring is 1. The minimum atomic E-state index is -0.105. The standard InChI is InChI=1S/C16H24N2O2S/c1-3-20-14-12(7-6-8-13(14)17)15(19)18-11-16(21-2)9-4-5-10-16/h6-8H,3-5,9-11,17H2,1-2H3,(H,18,19). The van der Waals surface area contributed by atoms with Crippen LogP contribution in [0, 0.1) is 0 Å². The molecule has 0 aliphatic heterocycles. The lowest BCUT2D eigenvalue weighted by atomic mass is 10.1. The Labute approximate surface area is 130 Å². The minimum absolute atomic E-state index is 0.105. The Kier molecular flexibility index (Phi) is 5.39. The molecule has 1 fully saturated rings. The third-order valence-electron chi connectivity index (χ3n) is 4.10. The van der Waals surface area contributed by atoms with Crippen LogP contribution in [0.5, 0.6) is 5.75 Å². The summed E-state index contributed by atoms with van der Waals surface area (Å²) in [6.45, 7) is 3.08. The molecule has 1 aliphatic rings. The van der Waals surface area contributed by atoms with E-state index < -0.39 is 0 Å². The molecule has 0 aromatic heterocycles. The predicted octanol–water partition coefficient (Wildman–Crippen LogP) is 3.07. The van der Waals surface area contributed by atoms with Gasteiger partial charge in [-0.15, -0.1) is 0 Å². The van der Waals surface area contributed by atoms with Crippen LogP contribution in [0.1, 0.15) is 43.0 Å². The molecule has 3 N–H and O–H groups in total. The fourth-order valence-corrected chi connectivity index (χ4v) is 3.76. The molecule has 0 radical (unpaired) electrons. The molecule has 5 heteroatoms. The normalized spacial score (nSPS) is 16.7. The highest BCUT2D eigenvalue weighted by molar-refractivity contribution is 8.00. The van der Waals surface area contributed by atoms with Gasteiger partial charge in [0.1, 0.15) is 0 Å². The number of carbonyl (C=O) groups excluding carboxylic acids is 1. The summed E-state index contributed by atoms with van der Waals surface area (Å²) in [5.74, 6) is 0.383. The zero-order valence-electron chi connectivity index (χ0n) is 12.8. The van der Waals surface area contributed by atoms with Crippen LogP contribution in [0.2, 0.25) is 0 Å². The molecule has 0 spiro atoms. The van der Waals surface area contributed by atoms with E-state index in [0.29, 0.717) is 30.2 Å². The van der Waals surface area contributed by atoms with Crippen LogP contribution in [0.15, 0.2) is 18.2 Å². The second-order valence-corrected chi connectivity index (χ2v) is 6.71. The van der Waals surface area contributed by atoms with Gasteiger partial charge in [0.25, 0.3) is 5.91 Å². The Morgan fingerprint density at radius 3 is 2.76 bits per heavy atom. The molecule has 1 aromatic rings. The topological polar surface area (TPSA) is 64.3 Å². The molecule has 116 valence electrons. The zero-order valence-corrected chi connectivity index (χ0v) is 13.6. The van der Waals surface area contributed by atoms with Crippen molar-refractivity contribution < 1.29 is 9.53 Å². The van der Waals surface area contributed by atoms with E-state index in [0.717, 1.165) is 0 Å². The SMILES string of the molecule is CCOc1c(N)cccc1C(=O)NCC1(SC)CCCC1. The fraction of sp³-hybridized carbons (Fsp3) is 0.562. The second kappa shape index (κ2) is 7.07. The summed E-state index contributed by atoms with van der Waals surface area (Å²) < 4.78 is 5.72. The molecule has 1 aromatic carbocycles. The first-order valence-corrected chi connectivity index (χ1v) is 8.69. The van der Waals surface area contributed by atoms with Gasteiger partial charge in [-0.1, -0.05) is 18.9 Å². The lowest BCUT2D eigenvalue weighted by molar-refractivity contribution is 0.0946. The number of ether oxygens (including phenoxy) is 1. The average Bonchev–Trinajstić information content (AvgIpc) is 2.96. The number of hydrogen-bond acceptors (Lipinski definition) is 4. The number of nitrogens with one attached hydrogen (secondary N) is 1. The van der Waals surface area contributed by atoms with Gasteiger partial charge in [0, 0.05) is 11.3 Å². The van der Waals surface area contributed by atoms with Gasteiger partial charge < -0.3 is 15.8 Å². The zero-order chi connectivity index (χ0) is 15.3. The van der Waals surface area contributed by atoms with Gasteiger partial charge in [0.05, 0.1) is 17.9 Å². The number of nitrogens with two attached hydrogens (primary N) is 1. The third kappa shape index (κ3) is 3.64. The van der Waals surface area contributed by atoms with Crippen molar-refractivity contribution in [2.45, 2.75) is 37.4 Å². The molecule has 1 amide bonds. The van der Waals surface area contributed by atoms with E-state index in [2.05, 4.69) is 11.6 Å². The summed E-state index contributed by atoms with van der Waals surface area (Å²) in [6, 6.07) is 5.30.